The maximum atomic E-state index is 12.9. The van der Waals surface area contributed by atoms with Gasteiger partial charge in [-0.1, -0.05) is 12.1 Å². The number of ether oxygens (including phenoxy) is 1. The molecule has 0 spiro atoms. The molecule has 1 heterocycles. The summed E-state index contributed by atoms with van der Waals surface area (Å²) in [5.41, 5.74) is 2.32. The lowest BCUT2D eigenvalue weighted by Gasteiger charge is -2.22. The minimum Gasteiger partial charge on any atom is -0.494 e. The Kier molecular flexibility index (Phi) is 7.31. The molecule has 0 saturated heterocycles. The average Bonchev–Trinajstić information content (AvgIpc) is 2.70. The van der Waals surface area contributed by atoms with Crippen LogP contribution in [0, 0.1) is 0 Å². The SMILES string of the molecule is CCOc1ccc(-n2cnc3ccccc3c2=O)cc1CN(CCCl)CCCl. The lowest BCUT2D eigenvalue weighted by molar-refractivity contribution is 0.284. The quantitative estimate of drug-likeness (QED) is 0.490. The van der Waals surface area contributed by atoms with Crippen LogP contribution in [0.25, 0.3) is 16.6 Å². The summed E-state index contributed by atoms with van der Waals surface area (Å²) >= 11 is 11.9. The highest BCUT2D eigenvalue weighted by Gasteiger charge is 2.13. The van der Waals surface area contributed by atoms with Crippen molar-refractivity contribution in [1.82, 2.24) is 14.5 Å². The fraction of sp³-hybridized carbons (Fsp3) is 0.333. The average molecular weight is 420 g/mol. The molecule has 2 aromatic carbocycles. The lowest BCUT2D eigenvalue weighted by Crippen LogP contribution is -2.28. The van der Waals surface area contributed by atoms with E-state index in [0.29, 0.717) is 35.8 Å². The zero-order valence-electron chi connectivity index (χ0n) is 15.8. The maximum absolute atomic E-state index is 12.9. The number of hydrogen-bond donors (Lipinski definition) is 0. The summed E-state index contributed by atoms with van der Waals surface area (Å²) in [5.74, 6) is 1.84. The summed E-state index contributed by atoms with van der Waals surface area (Å²) in [6, 6.07) is 13.1. The molecule has 0 radical (unpaired) electrons. The zero-order valence-corrected chi connectivity index (χ0v) is 17.3. The fourth-order valence-electron chi connectivity index (χ4n) is 3.14. The first-order valence-electron chi connectivity index (χ1n) is 9.24. The molecule has 0 fully saturated rings. The smallest absolute Gasteiger partial charge is 0.265 e. The van der Waals surface area contributed by atoms with Gasteiger partial charge in [0.25, 0.3) is 5.56 Å². The number of rotatable bonds is 9. The Morgan fingerprint density at radius 1 is 1.11 bits per heavy atom. The Morgan fingerprint density at radius 3 is 2.57 bits per heavy atom. The molecule has 148 valence electrons. The third-order valence-electron chi connectivity index (χ3n) is 4.48. The van der Waals surface area contributed by atoms with Crippen LogP contribution in [0.2, 0.25) is 0 Å². The van der Waals surface area contributed by atoms with E-state index in [1.165, 1.54) is 0 Å². The molecule has 28 heavy (non-hydrogen) atoms. The maximum Gasteiger partial charge on any atom is 0.265 e. The van der Waals surface area contributed by atoms with E-state index >= 15 is 0 Å². The van der Waals surface area contributed by atoms with Crippen molar-refractivity contribution < 1.29 is 4.74 Å². The van der Waals surface area contributed by atoms with Gasteiger partial charge in [0.15, 0.2) is 0 Å². The van der Waals surface area contributed by atoms with Crippen LogP contribution >= 0.6 is 23.2 Å². The number of fused-ring (bicyclic) bond motifs is 1. The van der Waals surface area contributed by atoms with E-state index in [0.717, 1.165) is 30.1 Å². The van der Waals surface area contributed by atoms with Crippen molar-refractivity contribution in [3.8, 4) is 11.4 Å². The molecule has 0 aliphatic heterocycles. The molecule has 0 saturated carbocycles. The van der Waals surface area contributed by atoms with Crippen molar-refractivity contribution >= 4 is 34.1 Å². The fourth-order valence-corrected chi connectivity index (χ4v) is 3.62. The molecule has 0 aliphatic carbocycles. The normalized spacial score (nSPS) is 11.3. The summed E-state index contributed by atoms with van der Waals surface area (Å²) in [6.45, 7) is 4.60. The largest absolute Gasteiger partial charge is 0.494 e. The summed E-state index contributed by atoms with van der Waals surface area (Å²) in [5, 5.41) is 0.589. The Morgan fingerprint density at radius 2 is 1.86 bits per heavy atom. The number of nitrogens with zero attached hydrogens (tertiary/aromatic N) is 3. The van der Waals surface area contributed by atoms with Gasteiger partial charge >= 0.3 is 0 Å². The van der Waals surface area contributed by atoms with E-state index in [9.17, 15) is 4.79 Å². The zero-order chi connectivity index (χ0) is 19.9. The van der Waals surface area contributed by atoms with Crippen molar-refractivity contribution in [1.29, 1.82) is 0 Å². The van der Waals surface area contributed by atoms with E-state index in [-0.39, 0.29) is 5.56 Å². The van der Waals surface area contributed by atoms with Gasteiger partial charge in [-0.3, -0.25) is 14.3 Å². The van der Waals surface area contributed by atoms with Gasteiger partial charge in [0.1, 0.15) is 12.1 Å². The third kappa shape index (κ3) is 4.66. The molecular weight excluding hydrogens is 397 g/mol. The molecule has 3 rings (SSSR count). The molecule has 0 aliphatic rings. The summed E-state index contributed by atoms with van der Waals surface area (Å²) in [4.78, 5) is 19.5. The second kappa shape index (κ2) is 9.92. The van der Waals surface area contributed by atoms with Crippen LogP contribution in [0.5, 0.6) is 5.75 Å². The van der Waals surface area contributed by atoms with Crippen LogP contribution in [0.1, 0.15) is 12.5 Å². The molecular formula is C21H23Cl2N3O2. The molecule has 3 aromatic rings. The Bertz CT molecular complexity index is 985. The van der Waals surface area contributed by atoms with Gasteiger partial charge in [0.2, 0.25) is 0 Å². The van der Waals surface area contributed by atoms with Crippen molar-refractivity contribution in [2.45, 2.75) is 13.5 Å². The number of halogens is 2. The molecule has 0 amide bonds. The Balaban J connectivity index is 2.03. The van der Waals surface area contributed by atoms with Crippen molar-refractivity contribution in [2.24, 2.45) is 0 Å². The number of hydrogen-bond acceptors (Lipinski definition) is 4. The first-order valence-corrected chi connectivity index (χ1v) is 10.3. The number of para-hydroxylation sites is 1. The van der Waals surface area contributed by atoms with E-state index < -0.39 is 0 Å². The van der Waals surface area contributed by atoms with E-state index in [1.54, 1.807) is 17.0 Å². The predicted molar refractivity (Wildman–Crippen MR) is 115 cm³/mol. The molecule has 0 N–H and O–H groups in total. The number of benzene rings is 2. The van der Waals surface area contributed by atoms with Gasteiger partial charge in [-0.15, -0.1) is 23.2 Å². The Labute approximate surface area is 174 Å². The first kappa shape index (κ1) is 20.6. The van der Waals surface area contributed by atoms with Gasteiger partial charge in [0, 0.05) is 37.0 Å². The number of aromatic nitrogens is 2. The minimum atomic E-state index is -0.0981. The second-order valence-corrected chi connectivity index (χ2v) is 7.07. The van der Waals surface area contributed by atoms with Crippen LogP contribution in [0.15, 0.2) is 53.6 Å². The van der Waals surface area contributed by atoms with Crippen LogP contribution in [0.3, 0.4) is 0 Å². The van der Waals surface area contributed by atoms with Gasteiger partial charge in [-0.2, -0.15) is 0 Å². The van der Waals surface area contributed by atoms with Gasteiger partial charge in [-0.05, 0) is 37.3 Å². The highest BCUT2D eigenvalue weighted by Crippen LogP contribution is 2.24. The molecule has 1 aromatic heterocycles. The minimum absolute atomic E-state index is 0.0981. The van der Waals surface area contributed by atoms with E-state index in [2.05, 4.69) is 9.88 Å². The van der Waals surface area contributed by atoms with Crippen LogP contribution in [0.4, 0.5) is 0 Å². The summed E-state index contributed by atoms with van der Waals surface area (Å²) in [7, 11) is 0. The topological polar surface area (TPSA) is 47.4 Å². The highest BCUT2D eigenvalue weighted by atomic mass is 35.5. The summed E-state index contributed by atoms with van der Waals surface area (Å²) < 4.78 is 7.35. The van der Waals surface area contributed by atoms with Gasteiger partial charge in [0.05, 0.1) is 23.2 Å². The standard InChI is InChI=1S/C21H23Cl2N3O2/c1-2-28-20-8-7-17(13-16(20)14-25(11-9-22)12-10-23)26-15-24-19-6-4-3-5-18(19)21(26)27/h3-8,13,15H,2,9-12,14H2,1H3. The number of alkyl halides is 2. The molecule has 0 atom stereocenters. The molecule has 7 heteroatoms. The van der Waals surface area contributed by atoms with Gasteiger partial charge < -0.3 is 4.74 Å². The third-order valence-corrected chi connectivity index (χ3v) is 4.82. The van der Waals surface area contributed by atoms with Crippen LogP contribution < -0.4 is 10.3 Å². The first-order chi connectivity index (χ1) is 13.7. The monoisotopic (exact) mass is 419 g/mol. The van der Waals surface area contributed by atoms with Crippen molar-refractivity contribution in [3.63, 3.8) is 0 Å². The Hall–Kier alpha value is -2.08. The molecule has 5 nitrogen and oxygen atoms in total. The predicted octanol–water partition coefficient (Wildman–Crippen LogP) is 4.06. The van der Waals surface area contributed by atoms with Crippen molar-refractivity contribution in [2.75, 3.05) is 31.5 Å². The highest BCUT2D eigenvalue weighted by molar-refractivity contribution is 6.18. The van der Waals surface area contributed by atoms with E-state index in [4.69, 9.17) is 27.9 Å². The van der Waals surface area contributed by atoms with Gasteiger partial charge in [-0.25, -0.2) is 4.98 Å². The van der Waals surface area contributed by atoms with E-state index in [1.807, 2.05) is 43.3 Å². The molecule has 0 bridgehead atoms. The molecule has 0 unspecified atom stereocenters. The second-order valence-electron chi connectivity index (χ2n) is 6.32. The summed E-state index contributed by atoms with van der Waals surface area (Å²) in [6.07, 6.45) is 1.57. The van der Waals surface area contributed by atoms with Crippen LogP contribution in [-0.2, 0) is 6.54 Å². The van der Waals surface area contributed by atoms with Crippen molar-refractivity contribution in [3.05, 3.63) is 64.7 Å². The van der Waals surface area contributed by atoms with Crippen LogP contribution in [-0.4, -0.2) is 45.9 Å². The lowest BCUT2D eigenvalue weighted by atomic mass is 10.1.